The Balaban J connectivity index is 0.000000248. The van der Waals surface area contributed by atoms with Crippen LogP contribution in [0.5, 0.6) is 34.5 Å². The van der Waals surface area contributed by atoms with Crippen molar-refractivity contribution in [3.8, 4) is 34.5 Å². The van der Waals surface area contributed by atoms with E-state index in [-0.39, 0.29) is 0 Å². The average molecular weight is 1550 g/mol. The van der Waals surface area contributed by atoms with Crippen molar-refractivity contribution in [1.82, 2.24) is 0 Å². The van der Waals surface area contributed by atoms with Gasteiger partial charge in [0.1, 0.15) is 97.2 Å². The van der Waals surface area contributed by atoms with Gasteiger partial charge in [0.2, 0.25) is 14.7 Å². The van der Waals surface area contributed by atoms with Crippen LogP contribution in [0.15, 0.2) is 178 Å². The quantitative estimate of drug-likeness (QED) is 0.0168. The fraction of sp³-hybridized carbons (Fsp3) is 0.143. The SMILES string of the molecule is Fc1c(F)c(F)c(C(F)(F)F)c([B-](c2c(F)c(F)c(F)c(F)c2C(F)(F)F)(c2c(F)c(F)c(F)c(F)c2C(F)(F)F)c2c(F)c(F)c(F)c(F)c2C(F)(F)F)c1F.c1ccc(OCCOc2ccccc2[S+](c2ccccc2OCCOc2ccccc2)c2ccccc2OCCOc2ccccc2)cc1. The highest BCUT2D eigenvalue weighted by molar-refractivity contribution is 7.97. The maximum absolute atomic E-state index is 16.0. The molecular weight excluding hydrogens is 1510 g/mol. The van der Waals surface area contributed by atoms with Gasteiger partial charge in [-0.1, -0.05) is 91.0 Å². The summed E-state index contributed by atoms with van der Waals surface area (Å²) in [6, 6.07) is 53.7. The van der Waals surface area contributed by atoms with Gasteiger partial charge in [-0.3, -0.25) is 0 Å². The van der Waals surface area contributed by atoms with Crippen LogP contribution in [0.1, 0.15) is 22.3 Å². The Labute approximate surface area is 581 Å². The monoisotopic (exact) mass is 1550 g/mol. The van der Waals surface area contributed by atoms with E-state index in [9.17, 15) is 87.8 Å². The summed E-state index contributed by atoms with van der Waals surface area (Å²) in [6.45, 7) is 2.38. The van der Waals surface area contributed by atoms with Gasteiger partial charge in [0.05, 0.1) is 22.3 Å². The minimum absolute atomic E-state index is 0.382. The van der Waals surface area contributed by atoms with Gasteiger partial charge in [-0.2, -0.15) is 52.7 Å². The van der Waals surface area contributed by atoms with Gasteiger partial charge >= 0.3 is 24.7 Å². The molecule has 0 radical (unpaired) electrons. The first-order chi connectivity index (χ1) is 49.9. The van der Waals surface area contributed by atoms with Crippen LogP contribution in [-0.4, -0.2) is 45.8 Å². The third-order valence-electron chi connectivity index (χ3n) is 15.3. The fourth-order valence-electron chi connectivity index (χ4n) is 11.2. The molecule has 0 bridgehead atoms. The molecule has 0 aliphatic rings. The smallest absolute Gasteiger partial charge is 0.416 e. The normalized spacial score (nSPS) is 12.1. The molecule has 0 unspecified atom stereocenters. The predicted octanol–water partition coefficient (Wildman–Crippen LogP) is 18.5. The third-order valence-corrected chi connectivity index (χ3v) is 17.7. The van der Waals surface area contributed by atoms with Crippen LogP contribution >= 0.6 is 0 Å². The van der Waals surface area contributed by atoms with Crippen LogP contribution in [0.3, 0.4) is 0 Å². The zero-order valence-corrected chi connectivity index (χ0v) is 53.2. The lowest BCUT2D eigenvalue weighted by atomic mass is 9.11. The summed E-state index contributed by atoms with van der Waals surface area (Å²) >= 11 is 0. The maximum atomic E-state index is 16.0. The van der Waals surface area contributed by atoms with Gasteiger partial charge < -0.3 is 28.4 Å². The van der Waals surface area contributed by atoms with Crippen LogP contribution in [-0.2, 0) is 35.6 Å². The minimum Gasteiger partial charge on any atom is -0.490 e. The molecule has 0 amide bonds. The Bertz CT molecular complexity index is 4290. The standard InChI is InChI=1S/C42H39O6S.C28BF28/c1-4-16-34(17-5-1)43-28-31-46-37-22-10-13-25-40(37)49(41-26-14-11-23-38(41)47-32-29-44-35-18-6-2-7-19-35)42-27-15-12-24-39(42)48-33-30-45-36-20-8-3-9-21-36;30-9-1(25(46,47)48)5(13(34)21(42)17(9)38)29(6-2(26(49,50)51)10(31)18(39)22(43)14(6)35,7-3(27(52,53)54)11(32)19(40)23(44)15(7)36)8-4(28(55,56)57)12(33)20(41)24(45)16(8)37/h1-27H,28-33H2;/q+1;-1. The second-order valence-corrected chi connectivity index (χ2v) is 23.6. The largest absolute Gasteiger partial charge is 0.490 e. The molecular formula is C70H39BF28O6S. The summed E-state index contributed by atoms with van der Waals surface area (Å²) in [5.74, 6) is -65.0. The van der Waals surface area contributed by atoms with Gasteiger partial charge in [0.15, 0.2) is 87.1 Å². The van der Waals surface area contributed by atoms with E-state index in [0.29, 0.717) is 39.6 Å². The Morgan fingerprint density at radius 2 is 0.396 bits per heavy atom. The first-order valence-corrected chi connectivity index (χ1v) is 31.0. The molecule has 10 aromatic carbocycles. The highest BCUT2D eigenvalue weighted by Gasteiger charge is 2.60. The van der Waals surface area contributed by atoms with E-state index in [2.05, 4.69) is 18.2 Å². The molecule has 10 aromatic rings. The lowest BCUT2D eigenvalue weighted by Crippen LogP contribution is -2.82. The van der Waals surface area contributed by atoms with E-state index < -0.39 is 179 Å². The fourth-order valence-corrected chi connectivity index (χ4v) is 13.6. The lowest BCUT2D eigenvalue weighted by molar-refractivity contribution is -0.140. The summed E-state index contributed by atoms with van der Waals surface area (Å²) in [5, 5.41) is 0. The summed E-state index contributed by atoms with van der Waals surface area (Å²) in [5.41, 5.74) is -38.1. The molecule has 0 saturated heterocycles. The lowest BCUT2D eigenvalue weighted by Gasteiger charge is -2.49. The van der Waals surface area contributed by atoms with E-state index in [1.165, 1.54) is 0 Å². The first kappa shape index (κ1) is 79.6. The average Bonchev–Trinajstić information content (AvgIpc) is 0.667. The van der Waals surface area contributed by atoms with Gasteiger partial charge in [-0.05, 0) is 72.8 Å². The number of rotatable bonds is 22. The molecule has 10 rings (SSSR count). The van der Waals surface area contributed by atoms with Gasteiger partial charge in [0.25, 0.3) is 0 Å². The highest BCUT2D eigenvalue weighted by Crippen LogP contribution is 2.47. The number of halogens is 28. The topological polar surface area (TPSA) is 55.4 Å². The van der Waals surface area contributed by atoms with Gasteiger partial charge in [-0.25, -0.2) is 70.2 Å². The molecule has 6 nitrogen and oxygen atoms in total. The molecule has 0 aromatic heterocycles. The summed E-state index contributed by atoms with van der Waals surface area (Å²) < 4.78 is 454. The van der Waals surface area contributed by atoms with Crippen LogP contribution in [0.4, 0.5) is 123 Å². The second-order valence-electron chi connectivity index (χ2n) is 21.7. The Morgan fingerprint density at radius 1 is 0.217 bits per heavy atom. The van der Waals surface area contributed by atoms with E-state index in [0.717, 1.165) is 49.2 Å². The molecule has 0 heterocycles. The number of ether oxygens (including phenoxy) is 6. The van der Waals surface area contributed by atoms with E-state index >= 15 is 35.1 Å². The van der Waals surface area contributed by atoms with E-state index in [1.54, 1.807) is 0 Å². The predicted molar refractivity (Wildman–Crippen MR) is 323 cm³/mol. The van der Waals surface area contributed by atoms with Crippen LogP contribution in [0, 0.1) is 93.1 Å². The zero-order valence-electron chi connectivity index (χ0n) is 52.3. The first-order valence-electron chi connectivity index (χ1n) is 29.7. The van der Waals surface area contributed by atoms with Crippen molar-refractivity contribution in [3.05, 3.63) is 279 Å². The molecule has 0 fully saturated rings. The number of benzene rings is 10. The molecule has 0 saturated carbocycles. The second kappa shape index (κ2) is 32.0. The summed E-state index contributed by atoms with van der Waals surface area (Å²) in [7, 11) is -0.671. The zero-order chi connectivity index (χ0) is 77.7. The van der Waals surface area contributed by atoms with Crippen LogP contribution in [0.25, 0.3) is 0 Å². The third kappa shape index (κ3) is 16.0. The van der Waals surface area contributed by atoms with E-state index in [4.69, 9.17) is 28.4 Å². The summed E-state index contributed by atoms with van der Waals surface area (Å²) in [4.78, 5) is 3.03. The Morgan fingerprint density at radius 3 is 0.604 bits per heavy atom. The maximum Gasteiger partial charge on any atom is 0.416 e. The van der Waals surface area contributed by atoms with Crippen LogP contribution in [0.2, 0.25) is 0 Å². The van der Waals surface area contributed by atoms with Crippen LogP contribution < -0.4 is 50.3 Å². The Hall–Kier alpha value is -10.5. The molecule has 0 spiro atoms. The summed E-state index contributed by atoms with van der Waals surface area (Å²) in [6.07, 6.45) is -39.5. The highest BCUT2D eigenvalue weighted by atomic mass is 32.2. The number of para-hydroxylation sites is 6. The van der Waals surface area contributed by atoms with Crippen molar-refractivity contribution in [1.29, 1.82) is 0 Å². The van der Waals surface area contributed by atoms with E-state index in [1.807, 2.05) is 146 Å². The number of alkyl halides is 12. The van der Waals surface area contributed by atoms with Crippen molar-refractivity contribution in [3.63, 3.8) is 0 Å². The van der Waals surface area contributed by atoms with Crippen molar-refractivity contribution in [2.45, 2.75) is 39.4 Å². The molecule has 36 heteroatoms. The molecule has 0 aliphatic carbocycles. The van der Waals surface area contributed by atoms with Crippen molar-refractivity contribution < 1.29 is 151 Å². The van der Waals surface area contributed by atoms with Crippen molar-refractivity contribution >= 4 is 38.9 Å². The molecule has 0 atom stereocenters. The van der Waals surface area contributed by atoms with Gasteiger partial charge in [0, 0.05) is 0 Å². The van der Waals surface area contributed by atoms with Crippen molar-refractivity contribution in [2.24, 2.45) is 0 Å². The molecule has 0 N–H and O–H groups in total. The minimum atomic E-state index is -8.89. The van der Waals surface area contributed by atoms with Crippen molar-refractivity contribution in [2.75, 3.05) is 39.6 Å². The van der Waals surface area contributed by atoms with Gasteiger partial charge in [-0.15, -0.1) is 21.9 Å². The number of hydrogen-bond donors (Lipinski definition) is 0. The molecule has 106 heavy (non-hydrogen) atoms. The Kier molecular flexibility index (Phi) is 24.1. The molecule has 0 aliphatic heterocycles. The molecule has 560 valence electrons. The number of hydrogen-bond acceptors (Lipinski definition) is 6.